The molecule has 25 heavy (non-hydrogen) atoms. The van der Waals surface area contributed by atoms with Gasteiger partial charge in [0.1, 0.15) is 5.75 Å². The number of methoxy groups -OCH3 is 1. The fourth-order valence-electron chi connectivity index (χ4n) is 2.60. The molecule has 1 saturated heterocycles. The second-order valence-corrected chi connectivity index (χ2v) is 5.99. The highest BCUT2D eigenvalue weighted by Crippen LogP contribution is 2.14. The number of nitrogens with one attached hydrogen (secondary N) is 2. The van der Waals surface area contributed by atoms with Gasteiger partial charge in [0.25, 0.3) is 0 Å². The van der Waals surface area contributed by atoms with Crippen LogP contribution in [0, 0.1) is 0 Å². The molecule has 136 valence electrons. The van der Waals surface area contributed by atoms with Crippen molar-refractivity contribution in [1.29, 1.82) is 0 Å². The highest BCUT2D eigenvalue weighted by atomic mass is 16.5. The monoisotopic (exact) mass is 348 g/mol. The molecule has 0 bridgehead atoms. The van der Waals surface area contributed by atoms with Crippen LogP contribution in [0.3, 0.4) is 0 Å². The summed E-state index contributed by atoms with van der Waals surface area (Å²) in [5.74, 6) is 0.213. The summed E-state index contributed by atoms with van der Waals surface area (Å²) in [6.45, 7) is 1.69. The first-order chi connectivity index (χ1) is 12.0. The molecule has 8 heteroatoms. The highest BCUT2D eigenvalue weighted by molar-refractivity contribution is 6.01. The summed E-state index contributed by atoms with van der Waals surface area (Å²) in [5.41, 5.74) is 0.545. The van der Waals surface area contributed by atoms with Crippen LogP contribution in [0.15, 0.2) is 24.3 Å². The van der Waals surface area contributed by atoms with Crippen molar-refractivity contribution in [2.45, 2.75) is 12.8 Å². The molecule has 0 spiro atoms. The van der Waals surface area contributed by atoms with E-state index in [0.29, 0.717) is 11.4 Å². The molecule has 2 N–H and O–H groups in total. The minimum absolute atomic E-state index is 0.00971. The van der Waals surface area contributed by atoms with Crippen molar-refractivity contribution >= 4 is 23.5 Å². The van der Waals surface area contributed by atoms with E-state index in [-0.39, 0.29) is 19.0 Å². The average Bonchev–Trinajstić information content (AvgIpc) is 3.09. The van der Waals surface area contributed by atoms with Gasteiger partial charge in [-0.15, -0.1) is 0 Å². The Morgan fingerprint density at radius 3 is 2.36 bits per heavy atom. The molecule has 8 nitrogen and oxygen atoms in total. The molecule has 0 atom stereocenters. The van der Waals surface area contributed by atoms with Crippen molar-refractivity contribution in [1.82, 2.24) is 15.1 Å². The summed E-state index contributed by atoms with van der Waals surface area (Å²) < 4.78 is 5.03. The van der Waals surface area contributed by atoms with Crippen LogP contribution in [0.4, 0.5) is 10.5 Å². The minimum atomic E-state index is -0.616. The van der Waals surface area contributed by atoms with Crippen molar-refractivity contribution < 1.29 is 19.1 Å². The molecule has 2 rings (SSSR count). The quantitative estimate of drug-likeness (QED) is 0.797. The maximum Gasteiger partial charge on any atom is 0.325 e. The van der Waals surface area contributed by atoms with Gasteiger partial charge in [0.05, 0.1) is 20.2 Å². The molecule has 0 radical (unpaired) electrons. The molecule has 1 aliphatic rings. The number of hydrogen-bond acceptors (Lipinski definition) is 5. The number of hydrogen-bond donors (Lipinski definition) is 2. The second-order valence-electron chi connectivity index (χ2n) is 5.99. The molecule has 4 amide bonds. The zero-order chi connectivity index (χ0) is 18.2. The van der Waals surface area contributed by atoms with Gasteiger partial charge in [0.15, 0.2) is 0 Å². The normalized spacial score (nSPS) is 13.6. The number of carbonyl (C=O) groups excluding carboxylic acids is 3. The summed E-state index contributed by atoms with van der Waals surface area (Å²) in [5, 5.41) is 4.81. The van der Waals surface area contributed by atoms with Crippen LogP contribution in [0.5, 0.6) is 5.75 Å². The average molecular weight is 348 g/mol. The SMILES string of the molecule is COc1ccc(NC(=O)NC(=O)CN(C)CC(=O)N2CCCC2)cc1. The van der Waals surface area contributed by atoms with E-state index in [2.05, 4.69) is 10.6 Å². The van der Waals surface area contributed by atoms with Gasteiger partial charge in [0.2, 0.25) is 11.8 Å². The lowest BCUT2D eigenvalue weighted by atomic mass is 10.3. The summed E-state index contributed by atoms with van der Waals surface area (Å²) in [6.07, 6.45) is 2.06. The van der Waals surface area contributed by atoms with Crippen molar-refractivity contribution in [3.8, 4) is 5.75 Å². The standard InChI is InChI=1S/C17H24N4O4/c1-20(12-16(23)21-9-3-4-10-21)11-15(22)19-17(24)18-13-5-7-14(25-2)8-6-13/h5-8H,3-4,9-12H2,1-2H3,(H2,18,19,22,24). The largest absolute Gasteiger partial charge is 0.497 e. The van der Waals surface area contributed by atoms with E-state index < -0.39 is 11.9 Å². The summed E-state index contributed by atoms with van der Waals surface area (Å²) in [4.78, 5) is 39.1. The van der Waals surface area contributed by atoms with Gasteiger partial charge in [-0.3, -0.25) is 19.8 Å². The Hall–Kier alpha value is -2.61. The van der Waals surface area contributed by atoms with Crippen molar-refractivity contribution in [3.63, 3.8) is 0 Å². The Labute approximate surface area is 147 Å². The van der Waals surface area contributed by atoms with Gasteiger partial charge in [-0.25, -0.2) is 4.79 Å². The molecule has 0 aromatic heterocycles. The number of rotatable bonds is 6. The fraction of sp³-hybridized carbons (Fsp3) is 0.471. The molecule has 0 unspecified atom stereocenters. The number of urea groups is 1. The lowest BCUT2D eigenvalue weighted by Gasteiger charge is -2.20. The van der Waals surface area contributed by atoms with Gasteiger partial charge in [0, 0.05) is 18.8 Å². The molecule has 1 aromatic carbocycles. The zero-order valence-electron chi connectivity index (χ0n) is 14.6. The van der Waals surface area contributed by atoms with Crippen molar-refractivity contribution in [2.75, 3.05) is 45.7 Å². The number of anilines is 1. The molecular weight excluding hydrogens is 324 g/mol. The minimum Gasteiger partial charge on any atom is -0.497 e. The number of amides is 4. The number of benzene rings is 1. The number of nitrogens with zero attached hydrogens (tertiary/aromatic N) is 2. The third-order valence-electron chi connectivity index (χ3n) is 3.88. The molecule has 1 aliphatic heterocycles. The summed E-state index contributed by atoms with van der Waals surface area (Å²) in [7, 11) is 3.23. The van der Waals surface area contributed by atoms with E-state index in [1.807, 2.05) is 0 Å². The third-order valence-corrected chi connectivity index (χ3v) is 3.88. The first-order valence-corrected chi connectivity index (χ1v) is 8.19. The number of imide groups is 1. The van der Waals surface area contributed by atoms with Crippen molar-refractivity contribution in [3.05, 3.63) is 24.3 Å². The molecule has 1 fully saturated rings. The van der Waals surface area contributed by atoms with Crippen LogP contribution >= 0.6 is 0 Å². The van der Waals surface area contributed by atoms with Gasteiger partial charge < -0.3 is 15.0 Å². The molecule has 1 heterocycles. The predicted molar refractivity (Wildman–Crippen MR) is 93.5 cm³/mol. The third kappa shape index (κ3) is 6.07. The lowest BCUT2D eigenvalue weighted by molar-refractivity contribution is -0.131. The Balaban J connectivity index is 1.72. The van der Waals surface area contributed by atoms with Gasteiger partial charge in [-0.1, -0.05) is 0 Å². The fourth-order valence-corrected chi connectivity index (χ4v) is 2.60. The molecule has 0 saturated carbocycles. The van der Waals surface area contributed by atoms with E-state index in [0.717, 1.165) is 25.9 Å². The number of likely N-dealkylation sites (N-methyl/N-ethyl adjacent to an activating group) is 1. The molecule has 1 aromatic rings. The Morgan fingerprint density at radius 1 is 1.12 bits per heavy atom. The van der Waals surface area contributed by atoms with E-state index in [1.165, 1.54) is 0 Å². The van der Waals surface area contributed by atoms with Gasteiger partial charge in [-0.05, 0) is 44.2 Å². The van der Waals surface area contributed by atoms with E-state index in [9.17, 15) is 14.4 Å². The number of ether oxygens (including phenoxy) is 1. The van der Waals surface area contributed by atoms with Crippen LogP contribution in [0.25, 0.3) is 0 Å². The van der Waals surface area contributed by atoms with Crippen LogP contribution in [0.2, 0.25) is 0 Å². The number of likely N-dealkylation sites (tertiary alicyclic amines) is 1. The second kappa shape index (κ2) is 9.03. The van der Waals surface area contributed by atoms with Gasteiger partial charge in [-0.2, -0.15) is 0 Å². The van der Waals surface area contributed by atoms with Crippen LogP contribution < -0.4 is 15.4 Å². The maximum absolute atomic E-state index is 12.0. The van der Waals surface area contributed by atoms with Crippen LogP contribution in [0.1, 0.15) is 12.8 Å². The molecule has 0 aliphatic carbocycles. The van der Waals surface area contributed by atoms with E-state index >= 15 is 0 Å². The Kier molecular flexibility index (Phi) is 6.76. The maximum atomic E-state index is 12.0. The smallest absolute Gasteiger partial charge is 0.325 e. The van der Waals surface area contributed by atoms with Crippen molar-refractivity contribution in [2.24, 2.45) is 0 Å². The van der Waals surface area contributed by atoms with Crippen LogP contribution in [-0.2, 0) is 9.59 Å². The summed E-state index contributed by atoms with van der Waals surface area (Å²) in [6, 6.07) is 6.13. The first kappa shape index (κ1) is 18.7. The first-order valence-electron chi connectivity index (χ1n) is 8.19. The summed E-state index contributed by atoms with van der Waals surface area (Å²) >= 11 is 0. The highest BCUT2D eigenvalue weighted by Gasteiger charge is 2.20. The topological polar surface area (TPSA) is 91.0 Å². The predicted octanol–water partition coefficient (Wildman–Crippen LogP) is 0.897. The van der Waals surface area contributed by atoms with E-state index in [1.54, 1.807) is 48.2 Å². The lowest BCUT2D eigenvalue weighted by Crippen LogP contribution is -2.44. The zero-order valence-corrected chi connectivity index (χ0v) is 14.6. The Morgan fingerprint density at radius 2 is 1.76 bits per heavy atom. The van der Waals surface area contributed by atoms with Crippen LogP contribution in [-0.4, -0.2) is 68.0 Å². The number of carbonyl (C=O) groups is 3. The molecular formula is C17H24N4O4. The Bertz CT molecular complexity index is 612. The van der Waals surface area contributed by atoms with Gasteiger partial charge >= 0.3 is 6.03 Å². The van der Waals surface area contributed by atoms with E-state index in [4.69, 9.17) is 4.74 Å².